The van der Waals surface area contributed by atoms with Crippen molar-refractivity contribution in [2.45, 2.75) is 30.7 Å². The van der Waals surface area contributed by atoms with Gasteiger partial charge in [-0.15, -0.1) is 0 Å². The van der Waals surface area contributed by atoms with Crippen LogP contribution in [0.25, 0.3) is 11.1 Å². The maximum Gasteiger partial charge on any atom is 0.171 e. The molecular formula is C28H25FN2O2. The van der Waals surface area contributed by atoms with Crippen molar-refractivity contribution in [3.8, 4) is 11.1 Å². The molecule has 0 aromatic heterocycles. The number of aldehydes is 2. The fourth-order valence-electron chi connectivity index (χ4n) is 5.18. The Balaban J connectivity index is 1.46. The molecule has 0 bridgehead atoms. The van der Waals surface area contributed by atoms with E-state index in [0.717, 1.165) is 36.1 Å². The molecule has 0 saturated carbocycles. The molecular weight excluding hydrogens is 415 g/mol. The van der Waals surface area contributed by atoms with E-state index in [4.69, 9.17) is 0 Å². The van der Waals surface area contributed by atoms with Gasteiger partial charge in [-0.05, 0) is 59.2 Å². The van der Waals surface area contributed by atoms with E-state index in [0.29, 0.717) is 12.6 Å². The number of rotatable bonds is 6. The summed E-state index contributed by atoms with van der Waals surface area (Å²) in [6.07, 6.45) is 3.81. The summed E-state index contributed by atoms with van der Waals surface area (Å²) in [6, 6.07) is 25.1. The second-order valence-corrected chi connectivity index (χ2v) is 8.83. The Labute approximate surface area is 192 Å². The maximum absolute atomic E-state index is 13.5. The summed E-state index contributed by atoms with van der Waals surface area (Å²) in [5, 5.41) is 0. The lowest BCUT2D eigenvalue weighted by Crippen LogP contribution is -2.50. The molecule has 4 nitrogen and oxygen atoms in total. The third-order valence-electron chi connectivity index (χ3n) is 6.89. The van der Waals surface area contributed by atoms with Crippen LogP contribution in [0, 0.1) is 11.7 Å². The van der Waals surface area contributed by atoms with Gasteiger partial charge < -0.3 is 15.0 Å². The monoisotopic (exact) mass is 440 g/mol. The highest BCUT2D eigenvalue weighted by atomic mass is 19.1. The maximum atomic E-state index is 13.5. The summed E-state index contributed by atoms with van der Waals surface area (Å²) in [7, 11) is 0. The summed E-state index contributed by atoms with van der Waals surface area (Å²) in [5.74, 6) is -0.288. The molecule has 3 aromatic rings. The van der Waals surface area contributed by atoms with Gasteiger partial charge in [0.05, 0.1) is 0 Å². The highest BCUT2D eigenvalue weighted by molar-refractivity contribution is 5.96. The molecule has 3 aromatic carbocycles. The SMILES string of the molecule is O=CC1(C=O)NNC2=C1C(c1ccc(F)cc1)CCC2Cc1ccc(-c2ccccc2)cc1. The fourth-order valence-corrected chi connectivity index (χ4v) is 5.18. The van der Waals surface area contributed by atoms with Crippen LogP contribution in [-0.2, 0) is 16.0 Å². The van der Waals surface area contributed by atoms with Crippen LogP contribution in [0.15, 0.2) is 90.1 Å². The highest BCUT2D eigenvalue weighted by Crippen LogP contribution is 2.46. The molecule has 0 radical (unpaired) electrons. The molecule has 0 amide bonds. The van der Waals surface area contributed by atoms with Crippen LogP contribution >= 0.6 is 0 Å². The number of halogens is 1. The van der Waals surface area contributed by atoms with Gasteiger partial charge in [0, 0.05) is 17.5 Å². The predicted octanol–water partition coefficient (Wildman–Crippen LogP) is 4.73. The van der Waals surface area contributed by atoms with Crippen LogP contribution in [0.5, 0.6) is 0 Å². The lowest BCUT2D eigenvalue weighted by atomic mass is 9.70. The number of nitrogens with one attached hydrogen (secondary N) is 2. The predicted molar refractivity (Wildman–Crippen MR) is 126 cm³/mol. The Kier molecular flexibility index (Phi) is 5.65. The molecule has 0 spiro atoms. The molecule has 5 rings (SSSR count). The molecule has 1 aliphatic carbocycles. The quantitative estimate of drug-likeness (QED) is 0.430. The number of hydrogen-bond donors (Lipinski definition) is 2. The van der Waals surface area contributed by atoms with Crippen molar-refractivity contribution in [3.05, 3.63) is 107 Å². The van der Waals surface area contributed by atoms with Gasteiger partial charge in [0.2, 0.25) is 0 Å². The van der Waals surface area contributed by atoms with Gasteiger partial charge in [-0.3, -0.25) is 0 Å². The molecule has 33 heavy (non-hydrogen) atoms. The van der Waals surface area contributed by atoms with Gasteiger partial charge in [-0.2, -0.15) is 0 Å². The summed E-state index contributed by atoms with van der Waals surface area (Å²) < 4.78 is 13.5. The Hall–Kier alpha value is -3.57. The molecule has 5 heteroatoms. The number of allylic oxidation sites excluding steroid dienone is 1. The smallest absolute Gasteiger partial charge is 0.171 e. The summed E-state index contributed by atoms with van der Waals surface area (Å²) in [6.45, 7) is 0. The minimum absolute atomic E-state index is 0.129. The number of carbonyl (C=O) groups excluding carboxylic acids is 2. The molecule has 2 atom stereocenters. The standard InChI is InChI=1S/C28H25FN2O2/c29-24-13-10-22(11-14-24)25-15-12-23(27-26(25)28(17-32,18-33)31-30-27)16-19-6-8-21(9-7-19)20-4-2-1-3-5-20/h1-11,13-14,17-18,23,25,30-31H,12,15-16H2. The van der Waals surface area contributed by atoms with E-state index < -0.39 is 5.54 Å². The first-order valence-electron chi connectivity index (χ1n) is 11.2. The van der Waals surface area contributed by atoms with Crippen LogP contribution in [0.2, 0.25) is 0 Å². The van der Waals surface area contributed by atoms with Crippen LogP contribution < -0.4 is 10.9 Å². The van der Waals surface area contributed by atoms with Gasteiger partial charge in [0.1, 0.15) is 5.82 Å². The Morgan fingerprint density at radius 3 is 2.18 bits per heavy atom. The Morgan fingerprint density at radius 2 is 1.52 bits per heavy atom. The zero-order chi connectivity index (χ0) is 22.8. The van der Waals surface area contributed by atoms with E-state index in [2.05, 4.69) is 47.2 Å². The second-order valence-electron chi connectivity index (χ2n) is 8.83. The van der Waals surface area contributed by atoms with E-state index in [1.165, 1.54) is 28.8 Å². The summed E-state index contributed by atoms with van der Waals surface area (Å²) in [5.41, 5.74) is 10.8. The van der Waals surface area contributed by atoms with Crippen LogP contribution in [0.4, 0.5) is 4.39 Å². The van der Waals surface area contributed by atoms with E-state index in [9.17, 15) is 14.0 Å². The van der Waals surface area contributed by atoms with Crippen molar-refractivity contribution < 1.29 is 14.0 Å². The minimum atomic E-state index is -1.40. The Bertz CT molecular complexity index is 1180. The van der Waals surface area contributed by atoms with Gasteiger partial charge in [0.15, 0.2) is 18.1 Å². The first-order chi connectivity index (χ1) is 16.1. The van der Waals surface area contributed by atoms with E-state index >= 15 is 0 Å². The molecule has 2 aliphatic rings. The van der Waals surface area contributed by atoms with Crippen molar-refractivity contribution in [1.29, 1.82) is 0 Å². The third kappa shape index (κ3) is 3.89. The Morgan fingerprint density at radius 1 is 0.848 bits per heavy atom. The van der Waals surface area contributed by atoms with Crippen molar-refractivity contribution >= 4 is 12.6 Å². The van der Waals surface area contributed by atoms with Crippen molar-refractivity contribution in [2.75, 3.05) is 0 Å². The zero-order valence-electron chi connectivity index (χ0n) is 18.1. The molecule has 166 valence electrons. The molecule has 1 heterocycles. The zero-order valence-corrected chi connectivity index (χ0v) is 18.1. The normalized spacial score (nSPS) is 21.2. The average molecular weight is 441 g/mol. The third-order valence-corrected chi connectivity index (χ3v) is 6.89. The number of benzene rings is 3. The lowest BCUT2D eigenvalue weighted by Gasteiger charge is -2.33. The fraction of sp³-hybridized carbons (Fsp3) is 0.214. The second kappa shape index (κ2) is 8.75. The van der Waals surface area contributed by atoms with Gasteiger partial charge in [-0.25, -0.2) is 9.82 Å². The number of carbonyl (C=O) groups is 2. The highest BCUT2D eigenvalue weighted by Gasteiger charge is 2.48. The minimum Gasteiger partial charge on any atom is -0.324 e. The first kappa shape index (κ1) is 21.3. The number of hydrogen-bond acceptors (Lipinski definition) is 4. The topological polar surface area (TPSA) is 58.2 Å². The van der Waals surface area contributed by atoms with Crippen molar-refractivity contribution in [1.82, 2.24) is 10.9 Å². The van der Waals surface area contributed by atoms with Crippen molar-refractivity contribution in [2.24, 2.45) is 5.92 Å². The molecule has 1 aliphatic heterocycles. The van der Waals surface area contributed by atoms with E-state index in [-0.39, 0.29) is 17.7 Å². The molecule has 2 unspecified atom stereocenters. The van der Waals surface area contributed by atoms with E-state index in [1.807, 2.05) is 18.2 Å². The van der Waals surface area contributed by atoms with Gasteiger partial charge >= 0.3 is 0 Å². The van der Waals surface area contributed by atoms with Gasteiger partial charge in [-0.1, -0.05) is 66.7 Å². The molecule has 0 fully saturated rings. The first-order valence-corrected chi connectivity index (χ1v) is 11.2. The average Bonchev–Trinajstić information content (AvgIpc) is 3.27. The number of hydrazine groups is 1. The molecule has 0 saturated heterocycles. The lowest BCUT2D eigenvalue weighted by molar-refractivity contribution is -0.120. The van der Waals surface area contributed by atoms with Gasteiger partial charge in [0.25, 0.3) is 0 Å². The van der Waals surface area contributed by atoms with E-state index in [1.54, 1.807) is 12.1 Å². The molecule has 2 N–H and O–H groups in total. The summed E-state index contributed by atoms with van der Waals surface area (Å²) >= 11 is 0. The van der Waals surface area contributed by atoms with Crippen LogP contribution in [-0.4, -0.2) is 18.1 Å². The van der Waals surface area contributed by atoms with Crippen molar-refractivity contribution in [3.63, 3.8) is 0 Å². The largest absolute Gasteiger partial charge is 0.324 e. The van der Waals surface area contributed by atoms with Crippen LogP contribution in [0.3, 0.4) is 0 Å². The summed E-state index contributed by atoms with van der Waals surface area (Å²) in [4.78, 5) is 24.1. The van der Waals surface area contributed by atoms with Crippen LogP contribution in [0.1, 0.15) is 29.9 Å².